The van der Waals surface area contributed by atoms with Crippen LogP contribution < -0.4 is 0 Å². The van der Waals surface area contributed by atoms with Crippen LogP contribution in [0.1, 0.15) is 57.1 Å². The fourth-order valence-electron chi connectivity index (χ4n) is 2.81. The fraction of sp³-hybridized carbons (Fsp3) is 0.273. The van der Waals surface area contributed by atoms with Gasteiger partial charge < -0.3 is 14.5 Å². The van der Waals surface area contributed by atoms with E-state index in [1.165, 1.54) is 19.1 Å². The number of hydrogen-bond acceptors (Lipinski definition) is 6. The smallest absolute Gasteiger partial charge is 0.340 e. The molecule has 29 heavy (non-hydrogen) atoms. The van der Waals surface area contributed by atoms with Gasteiger partial charge in [-0.25, -0.2) is 9.59 Å². The number of ether oxygens (including phenoxy) is 2. The van der Waals surface area contributed by atoms with Crippen LogP contribution in [0.3, 0.4) is 0 Å². The van der Waals surface area contributed by atoms with Crippen molar-refractivity contribution in [3.8, 4) is 6.07 Å². The van der Waals surface area contributed by atoms with Crippen LogP contribution in [0.15, 0.2) is 30.3 Å². The van der Waals surface area contributed by atoms with Gasteiger partial charge in [0.15, 0.2) is 6.10 Å². The van der Waals surface area contributed by atoms with Crippen molar-refractivity contribution >= 4 is 23.8 Å². The van der Waals surface area contributed by atoms with E-state index < -0.39 is 23.8 Å². The molecular formula is C22H22N2O5. The third-order valence-corrected chi connectivity index (χ3v) is 4.28. The maximum atomic E-state index is 12.7. The highest BCUT2D eigenvalue weighted by Gasteiger charge is 2.27. The van der Waals surface area contributed by atoms with Crippen LogP contribution in [-0.4, -0.2) is 35.4 Å². The summed E-state index contributed by atoms with van der Waals surface area (Å²) >= 11 is 0. The number of aromatic nitrogens is 1. The van der Waals surface area contributed by atoms with E-state index in [1.807, 2.05) is 6.07 Å². The van der Waals surface area contributed by atoms with E-state index >= 15 is 0 Å². The van der Waals surface area contributed by atoms with Gasteiger partial charge in [0.05, 0.1) is 29.5 Å². The lowest BCUT2D eigenvalue weighted by Gasteiger charge is -2.10. The summed E-state index contributed by atoms with van der Waals surface area (Å²) < 4.78 is 10.2. The van der Waals surface area contributed by atoms with Crippen LogP contribution in [0.5, 0.6) is 0 Å². The second-order valence-corrected chi connectivity index (χ2v) is 6.36. The van der Waals surface area contributed by atoms with Crippen molar-refractivity contribution < 1.29 is 23.9 Å². The summed E-state index contributed by atoms with van der Waals surface area (Å²) in [5.41, 5.74) is 2.74. The summed E-state index contributed by atoms with van der Waals surface area (Å²) in [6.45, 7) is 6.71. The Bertz CT molecular complexity index is 993. The molecule has 0 bridgehead atoms. The number of carbonyl (C=O) groups excluding carboxylic acids is 3. The van der Waals surface area contributed by atoms with Crippen molar-refractivity contribution in [1.29, 1.82) is 5.26 Å². The Morgan fingerprint density at radius 1 is 1.21 bits per heavy atom. The van der Waals surface area contributed by atoms with E-state index in [1.54, 1.807) is 45.0 Å². The van der Waals surface area contributed by atoms with Crippen LogP contribution in [-0.2, 0) is 14.3 Å². The van der Waals surface area contributed by atoms with Crippen LogP contribution in [0, 0.1) is 25.2 Å². The Morgan fingerprint density at radius 3 is 2.45 bits per heavy atom. The monoisotopic (exact) mass is 394 g/mol. The Balaban J connectivity index is 2.07. The molecule has 2 aromatic rings. The average Bonchev–Trinajstić information content (AvgIpc) is 3.00. The van der Waals surface area contributed by atoms with Crippen molar-refractivity contribution in [2.75, 3.05) is 6.61 Å². The number of carbonyl (C=O) groups is 3. The number of H-pyrrole nitrogens is 1. The molecule has 0 unspecified atom stereocenters. The van der Waals surface area contributed by atoms with Crippen molar-refractivity contribution in [1.82, 2.24) is 4.98 Å². The average molecular weight is 394 g/mol. The van der Waals surface area contributed by atoms with E-state index in [0.717, 1.165) is 5.56 Å². The third-order valence-electron chi connectivity index (χ3n) is 4.28. The molecule has 0 saturated carbocycles. The van der Waals surface area contributed by atoms with Crippen molar-refractivity contribution in [2.45, 2.75) is 33.8 Å². The summed E-state index contributed by atoms with van der Waals surface area (Å²) in [6, 6.07) is 8.67. The molecule has 7 nitrogen and oxygen atoms in total. The summed E-state index contributed by atoms with van der Waals surface area (Å²) in [7, 11) is 0. The molecule has 0 fully saturated rings. The molecule has 0 aliphatic heterocycles. The summed E-state index contributed by atoms with van der Waals surface area (Å²) in [5, 5.41) is 8.78. The number of ketones is 1. The molecular weight excluding hydrogens is 372 g/mol. The van der Waals surface area contributed by atoms with E-state index in [4.69, 9.17) is 14.7 Å². The molecule has 1 atom stereocenters. The maximum absolute atomic E-state index is 12.7. The zero-order valence-corrected chi connectivity index (χ0v) is 16.7. The van der Waals surface area contributed by atoms with Crippen LogP contribution in [0.2, 0.25) is 0 Å². The molecule has 1 aromatic heterocycles. The number of nitrogens with one attached hydrogen (secondary N) is 1. The van der Waals surface area contributed by atoms with Gasteiger partial charge in [-0.05, 0) is 57.0 Å². The first kappa shape index (κ1) is 21.6. The number of nitriles is 1. The summed E-state index contributed by atoms with van der Waals surface area (Å²) in [5.74, 6) is -1.63. The van der Waals surface area contributed by atoms with E-state index in [9.17, 15) is 14.4 Å². The first-order chi connectivity index (χ1) is 13.8. The van der Waals surface area contributed by atoms with Crippen molar-refractivity contribution in [2.24, 2.45) is 0 Å². The number of rotatable bonds is 7. The molecule has 150 valence electrons. The minimum Gasteiger partial charge on any atom is -0.462 e. The number of aromatic amines is 1. The fourth-order valence-corrected chi connectivity index (χ4v) is 2.81. The number of Topliss-reactive ketones (excluding diaryl/α,β-unsaturated/α-hetero) is 1. The number of benzene rings is 1. The number of nitrogens with zero attached hydrogens (tertiary/aromatic N) is 1. The van der Waals surface area contributed by atoms with E-state index in [0.29, 0.717) is 22.4 Å². The Kier molecular flexibility index (Phi) is 7.10. The SMILES string of the molecule is CCOC(=O)c1c(C)[nH]c(C(=O)[C@H](C)OC(=O)/C=C/c2ccc(C#N)cc2)c1C. The van der Waals surface area contributed by atoms with Crippen molar-refractivity contribution in [3.63, 3.8) is 0 Å². The number of aryl methyl sites for hydroxylation is 1. The maximum Gasteiger partial charge on any atom is 0.340 e. The first-order valence-electron chi connectivity index (χ1n) is 9.07. The van der Waals surface area contributed by atoms with Gasteiger partial charge in [-0.2, -0.15) is 5.26 Å². The lowest BCUT2D eigenvalue weighted by Crippen LogP contribution is -2.24. The van der Waals surface area contributed by atoms with Crippen LogP contribution >= 0.6 is 0 Å². The van der Waals surface area contributed by atoms with Gasteiger partial charge in [0.2, 0.25) is 5.78 Å². The third kappa shape index (κ3) is 5.20. The predicted molar refractivity (Wildman–Crippen MR) is 106 cm³/mol. The largest absolute Gasteiger partial charge is 0.462 e. The molecule has 0 amide bonds. The number of hydrogen-bond donors (Lipinski definition) is 1. The molecule has 2 rings (SSSR count). The zero-order valence-electron chi connectivity index (χ0n) is 16.7. The quantitative estimate of drug-likeness (QED) is 0.437. The molecule has 0 aliphatic carbocycles. The summed E-state index contributed by atoms with van der Waals surface area (Å²) in [4.78, 5) is 39.7. The molecule has 0 aliphatic rings. The molecule has 7 heteroatoms. The second kappa shape index (κ2) is 9.51. The van der Waals surface area contributed by atoms with Crippen LogP contribution in [0.25, 0.3) is 6.08 Å². The van der Waals surface area contributed by atoms with Gasteiger partial charge in [-0.3, -0.25) is 4.79 Å². The molecule has 0 radical (unpaired) electrons. The highest BCUT2D eigenvalue weighted by Crippen LogP contribution is 2.21. The van der Waals surface area contributed by atoms with Crippen molar-refractivity contribution in [3.05, 3.63) is 64.0 Å². The summed E-state index contributed by atoms with van der Waals surface area (Å²) in [6.07, 6.45) is 1.70. The highest BCUT2D eigenvalue weighted by molar-refractivity contribution is 6.04. The molecule has 1 aromatic carbocycles. The Hall–Kier alpha value is -3.66. The molecule has 0 saturated heterocycles. The number of esters is 2. The minimum atomic E-state index is -1.04. The van der Waals surface area contributed by atoms with Gasteiger partial charge in [0.1, 0.15) is 0 Å². The Morgan fingerprint density at radius 2 is 1.86 bits per heavy atom. The second-order valence-electron chi connectivity index (χ2n) is 6.36. The lowest BCUT2D eigenvalue weighted by atomic mass is 10.1. The molecule has 1 heterocycles. The highest BCUT2D eigenvalue weighted by atomic mass is 16.5. The predicted octanol–water partition coefficient (Wildman–Crippen LogP) is 3.51. The van der Waals surface area contributed by atoms with Gasteiger partial charge in [-0.15, -0.1) is 0 Å². The van der Waals surface area contributed by atoms with Crippen LogP contribution in [0.4, 0.5) is 0 Å². The van der Waals surface area contributed by atoms with Gasteiger partial charge >= 0.3 is 11.9 Å². The Labute approximate surface area is 168 Å². The molecule has 1 N–H and O–H groups in total. The van der Waals surface area contributed by atoms with E-state index in [-0.39, 0.29) is 12.3 Å². The zero-order chi connectivity index (χ0) is 21.6. The van der Waals surface area contributed by atoms with Gasteiger partial charge in [0.25, 0.3) is 0 Å². The van der Waals surface area contributed by atoms with Gasteiger partial charge in [0, 0.05) is 11.8 Å². The molecule has 0 spiro atoms. The van der Waals surface area contributed by atoms with E-state index in [2.05, 4.69) is 4.98 Å². The first-order valence-corrected chi connectivity index (χ1v) is 9.07. The van der Waals surface area contributed by atoms with Gasteiger partial charge in [-0.1, -0.05) is 12.1 Å². The standard InChI is InChI=1S/C22H22N2O5/c1-5-28-22(27)19-13(2)20(24-14(19)3)21(26)15(4)29-18(25)11-10-16-6-8-17(12-23)9-7-16/h6-11,15,24H,5H2,1-4H3/b11-10+/t15-/m0/s1. The topological polar surface area (TPSA) is 109 Å². The lowest BCUT2D eigenvalue weighted by molar-refractivity contribution is -0.140. The minimum absolute atomic E-state index is 0.210. The normalized spacial score (nSPS) is 11.7.